The van der Waals surface area contributed by atoms with Gasteiger partial charge in [0.15, 0.2) is 0 Å². The van der Waals surface area contributed by atoms with Crippen LogP contribution in [0.3, 0.4) is 0 Å². The molecule has 3 nitrogen and oxygen atoms in total. The summed E-state index contributed by atoms with van der Waals surface area (Å²) < 4.78 is 0. The number of amides is 1. The van der Waals surface area contributed by atoms with Gasteiger partial charge in [-0.2, -0.15) is 5.26 Å². The fraction of sp³-hybridized carbons (Fsp3) is 0.636. The summed E-state index contributed by atoms with van der Waals surface area (Å²) >= 11 is 1.63. The van der Waals surface area contributed by atoms with E-state index in [0.717, 1.165) is 29.1 Å². The van der Waals surface area contributed by atoms with Crippen LogP contribution in [0.25, 0.3) is 0 Å². The lowest BCUT2D eigenvalue weighted by Gasteiger charge is -2.59. The van der Waals surface area contributed by atoms with Gasteiger partial charge < -0.3 is 5.32 Å². The monoisotopic (exact) mass is 368 g/mol. The minimum Gasteiger partial charge on any atom is -0.352 e. The summed E-state index contributed by atoms with van der Waals surface area (Å²) in [7, 11) is 0. The molecule has 0 aliphatic heterocycles. The number of carbonyl (C=O) groups excluding carboxylic acids is 1. The average molecular weight is 369 g/mol. The zero-order valence-electron chi connectivity index (χ0n) is 15.5. The minimum absolute atomic E-state index is 0.162. The second kappa shape index (κ2) is 7.27. The fourth-order valence-corrected chi connectivity index (χ4v) is 6.92. The molecule has 0 unspecified atom stereocenters. The van der Waals surface area contributed by atoms with Gasteiger partial charge in [-0.3, -0.25) is 4.79 Å². The lowest BCUT2D eigenvalue weighted by atomic mass is 9.48. The highest BCUT2D eigenvalue weighted by Gasteiger charge is 2.53. The summed E-state index contributed by atoms with van der Waals surface area (Å²) in [6, 6.07) is 10.1. The molecule has 1 aromatic carbocycles. The van der Waals surface area contributed by atoms with E-state index in [0.29, 0.717) is 22.8 Å². The quantitative estimate of drug-likeness (QED) is 0.803. The molecule has 0 heterocycles. The molecule has 0 radical (unpaired) electrons. The van der Waals surface area contributed by atoms with E-state index in [2.05, 4.69) is 18.3 Å². The summed E-state index contributed by atoms with van der Waals surface area (Å²) in [5.41, 5.74) is 2.16. The second-order valence-corrected chi connectivity index (χ2v) is 9.86. The largest absolute Gasteiger partial charge is 0.352 e. The van der Waals surface area contributed by atoms with Gasteiger partial charge in [0.25, 0.3) is 0 Å². The zero-order valence-corrected chi connectivity index (χ0v) is 16.4. The van der Waals surface area contributed by atoms with Crippen LogP contribution in [0.15, 0.2) is 24.3 Å². The molecule has 1 aromatic rings. The number of nitrogens with one attached hydrogen (secondary N) is 1. The summed E-state index contributed by atoms with van der Waals surface area (Å²) in [6.45, 7) is 2.24. The number of thioether (sulfide) groups is 1. The third-order valence-electron chi connectivity index (χ3n) is 6.94. The maximum Gasteiger partial charge on any atom is 0.230 e. The topological polar surface area (TPSA) is 52.9 Å². The van der Waals surface area contributed by atoms with Crippen LogP contribution in [0.5, 0.6) is 0 Å². The van der Waals surface area contributed by atoms with Gasteiger partial charge in [-0.25, -0.2) is 0 Å². The zero-order chi connectivity index (χ0) is 18.1. The van der Waals surface area contributed by atoms with Crippen molar-refractivity contribution >= 4 is 17.7 Å². The Morgan fingerprint density at radius 3 is 2.54 bits per heavy atom. The molecule has 4 aliphatic carbocycles. The van der Waals surface area contributed by atoms with Crippen molar-refractivity contribution < 1.29 is 4.79 Å². The van der Waals surface area contributed by atoms with Gasteiger partial charge in [-0.05, 0) is 86.3 Å². The summed E-state index contributed by atoms with van der Waals surface area (Å²) in [5, 5.41) is 12.3. The first-order valence-electron chi connectivity index (χ1n) is 9.92. The molecular weight excluding hydrogens is 340 g/mol. The lowest BCUT2D eigenvalue weighted by Crippen LogP contribution is -2.56. The van der Waals surface area contributed by atoms with Gasteiger partial charge in [0, 0.05) is 11.8 Å². The first kappa shape index (κ1) is 17.9. The second-order valence-electron chi connectivity index (χ2n) is 8.87. The Kier molecular flexibility index (Phi) is 5.01. The molecule has 138 valence electrons. The lowest BCUT2D eigenvalue weighted by molar-refractivity contribution is -0.123. The Morgan fingerprint density at radius 2 is 1.92 bits per heavy atom. The smallest absolute Gasteiger partial charge is 0.230 e. The average Bonchev–Trinajstić information content (AvgIpc) is 2.60. The molecule has 4 heteroatoms. The molecule has 4 bridgehead atoms. The number of nitriles is 1. The summed E-state index contributed by atoms with van der Waals surface area (Å²) in [6.07, 6.45) is 8.31. The molecule has 1 N–H and O–H groups in total. The maximum atomic E-state index is 12.5. The van der Waals surface area contributed by atoms with E-state index in [1.807, 2.05) is 24.3 Å². The van der Waals surface area contributed by atoms with Crippen molar-refractivity contribution in [2.24, 2.45) is 23.2 Å². The van der Waals surface area contributed by atoms with Gasteiger partial charge in [0.2, 0.25) is 5.91 Å². The molecule has 1 atom stereocenters. The Balaban J connectivity index is 1.27. The number of rotatable bonds is 6. The molecule has 1 amide bonds. The van der Waals surface area contributed by atoms with Gasteiger partial charge in [-0.1, -0.05) is 12.1 Å². The first-order chi connectivity index (χ1) is 12.6. The van der Waals surface area contributed by atoms with Crippen molar-refractivity contribution in [2.75, 3.05) is 5.75 Å². The molecule has 4 saturated carbocycles. The van der Waals surface area contributed by atoms with Gasteiger partial charge in [0.05, 0.1) is 17.4 Å². The molecular formula is C22H28N2OS. The number of carbonyl (C=O) groups is 1. The van der Waals surface area contributed by atoms with Crippen molar-refractivity contribution in [3.05, 3.63) is 35.4 Å². The number of benzene rings is 1. The predicted molar refractivity (Wildman–Crippen MR) is 106 cm³/mol. The maximum absolute atomic E-state index is 12.5. The Labute approximate surface area is 160 Å². The Hall–Kier alpha value is -1.47. The standard InChI is InChI=1S/C22H28N2OS/c1-15(22-9-18-6-19(10-22)8-20(7-18)11-22)24-21(25)14-26-13-17-4-2-3-16(5-17)12-23/h2-5,15,18-20H,6-11,13-14H2,1H3,(H,24,25)/t15-,18?,19?,20?,22?/m1/s1. The van der Waals surface area contributed by atoms with E-state index in [-0.39, 0.29) is 5.91 Å². The van der Waals surface area contributed by atoms with Crippen LogP contribution in [-0.2, 0) is 10.5 Å². The van der Waals surface area contributed by atoms with E-state index < -0.39 is 0 Å². The molecule has 0 spiro atoms. The van der Waals surface area contributed by atoms with Crippen LogP contribution < -0.4 is 5.32 Å². The van der Waals surface area contributed by atoms with E-state index in [9.17, 15) is 4.79 Å². The van der Waals surface area contributed by atoms with E-state index in [4.69, 9.17) is 5.26 Å². The van der Waals surface area contributed by atoms with Crippen LogP contribution in [0.1, 0.15) is 56.6 Å². The van der Waals surface area contributed by atoms with E-state index >= 15 is 0 Å². The van der Waals surface area contributed by atoms with Gasteiger partial charge >= 0.3 is 0 Å². The Bertz CT molecular complexity index is 688. The molecule has 4 fully saturated rings. The molecule has 0 aromatic heterocycles. The fourth-order valence-electron chi connectivity index (χ4n) is 6.14. The highest BCUT2D eigenvalue weighted by Crippen LogP contribution is 2.61. The van der Waals surface area contributed by atoms with Crippen LogP contribution in [-0.4, -0.2) is 17.7 Å². The Morgan fingerprint density at radius 1 is 1.27 bits per heavy atom. The van der Waals surface area contributed by atoms with Crippen molar-refractivity contribution in [3.63, 3.8) is 0 Å². The van der Waals surface area contributed by atoms with Gasteiger partial charge in [-0.15, -0.1) is 11.8 Å². The first-order valence-corrected chi connectivity index (χ1v) is 11.1. The van der Waals surface area contributed by atoms with Crippen molar-refractivity contribution in [1.82, 2.24) is 5.32 Å². The SMILES string of the molecule is C[C@@H](NC(=O)CSCc1cccc(C#N)c1)C12CC3CC(CC(C3)C1)C2. The van der Waals surface area contributed by atoms with Crippen LogP contribution >= 0.6 is 11.8 Å². The molecule has 26 heavy (non-hydrogen) atoms. The third-order valence-corrected chi connectivity index (χ3v) is 7.94. The normalized spacial score (nSPS) is 32.8. The number of nitrogens with zero attached hydrogens (tertiary/aromatic N) is 1. The third kappa shape index (κ3) is 3.64. The summed E-state index contributed by atoms with van der Waals surface area (Å²) in [4.78, 5) is 12.5. The highest BCUT2D eigenvalue weighted by molar-refractivity contribution is 7.99. The summed E-state index contributed by atoms with van der Waals surface area (Å²) in [5.74, 6) is 4.18. The van der Waals surface area contributed by atoms with Crippen LogP contribution in [0.4, 0.5) is 0 Å². The molecule has 5 rings (SSSR count). The molecule has 0 saturated heterocycles. The van der Waals surface area contributed by atoms with Crippen molar-refractivity contribution in [2.45, 2.75) is 57.2 Å². The van der Waals surface area contributed by atoms with E-state index in [1.165, 1.54) is 38.5 Å². The van der Waals surface area contributed by atoms with Crippen LogP contribution in [0.2, 0.25) is 0 Å². The van der Waals surface area contributed by atoms with Crippen molar-refractivity contribution in [1.29, 1.82) is 5.26 Å². The number of hydrogen-bond acceptors (Lipinski definition) is 3. The molecule has 4 aliphatic rings. The van der Waals surface area contributed by atoms with Crippen molar-refractivity contribution in [3.8, 4) is 6.07 Å². The minimum atomic E-state index is 0.162. The number of hydrogen-bond donors (Lipinski definition) is 1. The predicted octanol–water partition coefficient (Wildman–Crippen LogP) is 4.51. The van der Waals surface area contributed by atoms with Gasteiger partial charge in [0.1, 0.15) is 0 Å². The van der Waals surface area contributed by atoms with Crippen LogP contribution in [0, 0.1) is 34.5 Å². The van der Waals surface area contributed by atoms with E-state index in [1.54, 1.807) is 11.8 Å². The highest BCUT2D eigenvalue weighted by atomic mass is 32.2.